The van der Waals surface area contributed by atoms with Gasteiger partial charge in [0.2, 0.25) is 5.91 Å². The van der Waals surface area contributed by atoms with Crippen LogP contribution in [0.4, 0.5) is 11.4 Å². The fraction of sp³-hybridized carbons (Fsp3) is 0.278. The number of carbonyl (C=O) groups is 1. The van der Waals surface area contributed by atoms with Gasteiger partial charge in [0.25, 0.3) is 0 Å². The molecule has 1 aliphatic heterocycles. The van der Waals surface area contributed by atoms with Gasteiger partial charge in [-0.1, -0.05) is 36.4 Å². The highest BCUT2D eigenvalue weighted by Gasteiger charge is 2.44. The summed E-state index contributed by atoms with van der Waals surface area (Å²) in [5.74, 6) is 0.0639. The van der Waals surface area contributed by atoms with E-state index in [-0.39, 0.29) is 11.9 Å². The van der Waals surface area contributed by atoms with E-state index in [4.69, 9.17) is 0 Å². The number of anilines is 2. The van der Waals surface area contributed by atoms with E-state index in [9.17, 15) is 4.79 Å². The molecule has 1 atom stereocenters. The van der Waals surface area contributed by atoms with Crippen molar-refractivity contribution in [1.29, 1.82) is 0 Å². The summed E-state index contributed by atoms with van der Waals surface area (Å²) in [6, 6.07) is 18.2. The van der Waals surface area contributed by atoms with E-state index in [0.717, 1.165) is 16.9 Å². The highest BCUT2D eigenvalue weighted by atomic mass is 16.2. The summed E-state index contributed by atoms with van der Waals surface area (Å²) in [7, 11) is 2.05. The number of fused-ring (bicyclic) bond motifs is 1. The minimum Gasteiger partial charge on any atom is -0.366 e. The Bertz CT molecular complexity index is 664. The second kappa shape index (κ2) is 4.92. The van der Waals surface area contributed by atoms with Gasteiger partial charge in [0.05, 0.1) is 11.5 Å². The minimum atomic E-state index is -0.501. The molecule has 108 valence electrons. The zero-order chi connectivity index (χ0) is 15.0. The van der Waals surface area contributed by atoms with E-state index in [1.54, 1.807) is 0 Å². The van der Waals surface area contributed by atoms with Crippen LogP contribution in [0.1, 0.15) is 25.5 Å². The summed E-state index contributed by atoms with van der Waals surface area (Å²) in [5.41, 5.74) is 2.68. The van der Waals surface area contributed by atoms with Gasteiger partial charge in [-0.3, -0.25) is 4.79 Å². The monoisotopic (exact) mass is 280 g/mol. The van der Waals surface area contributed by atoms with E-state index < -0.39 is 5.41 Å². The van der Waals surface area contributed by atoms with Gasteiger partial charge in [-0.05, 0) is 37.6 Å². The van der Waals surface area contributed by atoms with Crippen molar-refractivity contribution in [2.24, 2.45) is 5.41 Å². The normalized spacial score (nSPS) is 19.6. The number of para-hydroxylation sites is 2. The van der Waals surface area contributed by atoms with Crippen LogP contribution >= 0.6 is 0 Å². The molecule has 3 heteroatoms. The summed E-state index contributed by atoms with van der Waals surface area (Å²) in [5, 5.41) is 3.02. The van der Waals surface area contributed by atoms with E-state index in [1.807, 2.05) is 50.2 Å². The molecule has 0 saturated heterocycles. The first-order chi connectivity index (χ1) is 10.0. The molecule has 1 unspecified atom stereocenters. The molecule has 21 heavy (non-hydrogen) atoms. The van der Waals surface area contributed by atoms with Crippen LogP contribution < -0.4 is 10.2 Å². The molecule has 0 aliphatic carbocycles. The highest BCUT2D eigenvalue weighted by molar-refractivity contribution is 5.99. The first kappa shape index (κ1) is 13.7. The van der Waals surface area contributed by atoms with Crippen molar-refractivity contribution in [3.05, 3.63) is 60.2 Å². The maximum absolute atomic E-state index is 12.5. The number of benzene rings is 2. The Labute approximate surface area is 125 Å². The van der Waals surface area contributed by atoms with Crippen molar-refractivity contribution in [3.8, 4) is 0 Å². The van der Waals surface area contributed by atoms with Crippen LogP contribution in [0.3, 0.4) is 0 Å². The fourth-order valence-electron chi connectivity index (χ4n) is 3.15. The lowest BCUT2D eigenvalue weighted by Crippen LogP contribution is -2.47. The third kappa shape index (κ3) is 2.19. The summed E-state index contributed by atoms with van der Waals surface area (Å²) >= 11 is 0. The maximum atomic E-state index is 12.5. The number of amides is 1. The first-order valence-corrected chi connectivity index (χ1v) is 7.20. The van der Waals surface area contributed by atoms with Gasteiger partial charge in [-0.2, -0.15) is 0 Å². The smallest absolute Gasteiger partial charge is 0.232 e. The van der Waals surface area contributed by atoms with Crippen LogP contribution in [0.2, 0.25) is 0 Å². The molecule has 0 aromatic heterocycles. The lowest BCUT2D eigenvalue weighted by molar-refractivity contribution is -0.125. The molecule has 1 amide bonds. The van der Waals surface area contributed by atoms with Crippen molar-refractivity contribution < 1.29 is 4.79 Å². The quantitative estimate of drug-likeness (QED) is 0.906. The van der Waals surface area contributed by atoms with Crippen LogP contribution in [0.5, 0.6) is 0 Å². The largest absolute Gasteiger partial charge is 0.366 e. The van der Waals surface area contributed by atoms with Crippen LogP contribution in [0.25, 0.3) is 0 Å². The summed E-state index contributed by atoms with van der Waals surface area (Å²) < 4.78 is 0. The Morgan fingerprint density at radius 3 is 2.33 bits per heavy atom. The average Bonchev–Trinajstić information content (AvgIpc) is 2.49. The number of nitrogens with zero attached hydrogens (tertiary/aromatic N) is 1. The molecule has 0 fully saturated rings. The van der Waals surface area contributed by atoms with Crippen LogP contribution in [-0.4, -0.2) is 13.0 Å². The van der Waals surface area contributed by atoms with Crippen molar-refractivity contribution >= 4 is 17.3 Å². The minimum absolute atomic E-state index is 0.00449. The van der Waals surface area contributed by atoms with Gasteiger partial charge in [0, 0.05) is 18.4 Å². The van der Waals surface area contributed by atoms with Crippen LogP contribution in [0.15, 0.2) is 54.6 Å². The zero-order valence-corrected chi connectivity index (χ0v) is 12.6. The Kier molecular flexibility index (Phi) is 3.20. The second-order valence-electron chi connectivity index (χ2n) is 6.11. The molecule has 0 saturated carbocycles. The maximum Gasteiger partial charge on any atom is 0.232 e. The Hall–Kier alpha value is -2.29. The second-order valence-corrected chi connectivity index (χ2v) is 6.11. The van der Waals surface area contributed by atoms with Crippen molar-refractivity contribution in [1.82, 2.24) is 0 Å². The Balaban J connectivity index is 2.12. The van der Waals surface area contributed by atoms with Crippen molar-refractivity contribution in [3.63, 3.8) is 0 Å². The van der Waals surface area contributed by atoms with Crippen molar-refractivity contribution in [2.75, 3.05) is 17.3 Å². The fourth-order valence-corrected chi connectivity index (χ4v) is 3.15. The molecule has 0 spiro atoms. The van der Waals surface area contributed by atoms with Gasteiger partial charge in [0.1, 0.15) is 0 Å². The van der Waals surface area contributed by atoms with Crippen LogP contribution in [-0.2, 0) is 4.79 Å². The number of rotatable bonds is 2. The molecule has 1 N–H and O–H groups in total. The lowest BCUT2D eigenvalue weighted by Gasteiger charge is -2.44. The molecule has 0 radical (unpaired) electrons. The highest BCUT2D eigenvalue weighted by Crippen LogP contribution is 2.46. The number of nitrogens with one attached hydrogen (secondary N) is 1. The standard InChI is InChI=1S/C18H20N2O/c1-18(2)16(20(3)13-9-5-4-6-10-13)14-11-7-8-12-15(14)19-17(18)21/h4-12,16H,1-3H3,(H,19,21). The predicted octanol–water partition coefficient (Wildman–Crippen LogP) is 3.84. The topological polar surface area (TPSA) is 32.3 Å². The van der Waals surface area contributed by atoms with E-state index in [0.29, 0.717) is 0 Å². The molecule has 1 aliphatic rings. The van der Waals surface area contributed by atoms with Gasteiger partial charge < -0.3 is 10.2 Å². The molecular formula is C18H20N2O. The third-order valence-electron chi connectivity index (χ3n) is 4.32. The lowest BCUT2D eigenvalue weighted by atomic mass is 9.75. The Morgan fingerprint density at radius 2 is 1.62 bits per heavy atom. The van der Waals surface area contributed by atoms with Gasteiger partial charge in [-0.15, -0.1) is 0 Å². The summed E-state index contributed by atoms with van der Waals surface area (Å²) in [4.78, 5) is 14.7. The molecule has 3 nitrogen and oxygen atoms in total. The molecule has 2 aromatic carbocycles. The summed E-state index contributed by atoms with van der Waals surface area (Å²) in [6.07, 6.45) is 0. The number of hydrogen-bond acceptors (Lipinski definition) is 2. The molecule has 1 heterocycles. The average molecular weight is 280 g/mol. The predicted molar refractivity (Wildman–Crippen MR) is 86.4 cm³/mol. The zero-order valence-electron chi connectivity index (χ0n) is 12.6. The summed E-state index contributed by atoms with van der Waals surface area (Å²) in [6.45, 7) is 4.00. The SMILES string of the molecule is CN(c1ccccc1)C1c2ccccc2NC(=O)C1(C)C. The number of carbonyl (C=O) groups excluding carboxylic acids is 1. The van der Waals surface area contributed by atoms with Gasteiger partial charge >= 0.3 is 0 Å². The van der Waals surface area contributed by atoms with E-state index >= 15 is 0 Å². The molecular weight excluding hydrogens is 260 g/mol. The molecule has 3 rings (SSSR count). The van der Waals surface area contributed by atoms with Gasteiger partial charge in [0.15, 0.2) is 0 Å². The van der Waals surface area contributed by atoms with Gasteiger partial charge in [-0.25, -0.2) is 0 Å². The number of hydrogen-bond donors (Lipinski definition) is 1. The third-order valence-corrected chi connectivity index (χ3v) is 4.32. The molecule has 0 bridgehead atoms. The first-order valence-electron chi connectivity index (χ1n) is 7.20. The van der Waals surface area contributed by atoms with Crippen LogP contribution in [0, 0.1) is 5.41 Å². The van der Waals surface area contributed by atoms with Crippen molar-refractivity contribution in [2.45, 2.75) is 19.9 Å². The van der Waals surface area contributed by atoms with E-state index in [1.165, 1.54) is 0 Å². The van der Waals surface area contributed by atoms with E-state index in [2.05, 4.69) is 35.5 Å². The Morgan fingerprint density at radius 1 is 1.00 bits per heavy atom. The molecule has 2 aromatic rings.